The van der Waals surface area contributed by atoms with Crippen LogP contribution < -0.4 is 0 Å². The molecule has 0 bridgehead atoms. The first-order valence-electron chi connectivity index (χ1n) is 2.45. The van der Waals surface area contributed by atoms with Gasteiger partial charge in [0.15, 0.2) is 5.82 Å². The number of halogens is 3. The first kappa shape index (κ1) is 8.56. The van der Waals surface area contributed by atoms with Crippen molar-refractivity contribution in [2.45, 2.75) is 4.90 Å². The summed E-state index contributed by atoms with van der Waals surface area (Å²) >= 11 is 10.1. The van der Waals surface area contributed by atoms with Crippen molar-refractivity contribution >= 4 is 44.5 Å². The molecule has 0 aliphatic carbocycles. The second-order valence-corrected chi connectivity index (χ2v) is 3.82. The fourth-order valence-corrected chi connectivity index (χ4v) is 1.63. The van der Waals surface area contributed by atoms with Crippen LogP contribution in [0.4, 0.5) is 4.39 Å². The minimum absolute atomic E-state index is 0.312. The van der Waals surface area contributed by atoms with Crippen molar-refractivity contribution in [2.75, 3.05) is 0 Å². The normalized spacial score (nSPS) is 10.0. The van der Waals surface area contributed by atoms with Crippen LogP contribution in [0.5, 0.6) is 0 Å². The molecule has 0 spiro atoms. The van der Waals surface area contributed by atoms with Crippen molar-refractivity contribution < 1.29 is 4.39 Å². The van der Waals surface area contributed by atoms with E-state index in [1.165, 1.54) is 0 Å². The Kier molecular flexibility index (Phi) is 2.77. The Morgan fingerprint density at radius 1 is 1.30 bits per heavy atom. The Balaban J connectivity index is 3.34. The molecule has 0 N–H and O–H groups in total. The zero-order valence-corrected chi connectivity index (χ0v) is 8.80. The highest BCUT2D eigenvalue weighted by Gasteiger charge is 2.05. The summed E-state index contributed by atoms with van der Waals surface area (Å²) in [5.74, 6) is -0.312. The molecule has 0 atom stereocenters. The molecular weight excluding hydrogens is 283 g/mol. The lowest BCUT2D eigenvalue weighted by molar-refractivity contribution is 0.610. The summed E-state index contributed by atoms with van der Waals surface area (Å²) in [7, 11) is 0. The Morgan fingerprint density at radius 2 is 1.90 bits per heavy atom. The van der Waals surface area contributed by atoms with Crippen LogP contribution in [0.3, 0.4) is 0 Å². The van der Waals surface area contributed by atoms with Gasteiger partial charge in [0.05, 0.1) is 8.95 Å². The van der Waals surface area contributed by atoms with Gasteiger partial charge in [-0.2, -0.15) is 0 Å². The second kappa shape index (κ2) is 3.24. The van der Waals surface area contributed by atoms with E-state index in [0.29, 0.717) is 13.8 Å². The third-order valence-corrected chi connectivity index (χ3v) is 3.08. The van der Waals surface area contributed by atoms with Crippen molar-refractivity contribution in [1.29, 1.82) is 0 Å². The summed E-state index contributed by atoms with van der Waals surface area (Å²) in [6, 6.07) is 3.32. The average Bonchev–Trinajstić information content (AvgIpc) is 1.93. The molecule has 4 heteroatoms. The molecule has 0 fully saturated rings. The number of hydrogen-bond acceptors (Lipinski definition) is 1. The van der Waals surface area contributed by atoms with Crippen molar-refractivity contribution in [1.82, 2.24) is 0 Å². The van der Waals surface area contributed by atoms with Crippen LogP contribution in [-0.4, -0.2) is 0 Å². The molecule has 0 heterocycles. The fraction of sp³-hybridized carbons (Fsp3) is 0. The third kappa shape index (κ3) is 1.54. The smallest absolute Gasteiger partial charge is 0.152 e. The van der Waals surface area contributed by atoms with E-state index in [0.717, 1.165) is 0 Å². The topological polar surface area (TPSA) is 0 Å². The highest BCUT2D eigenvalue weighted by atomic mass is 79.9. The number of rotatable bonds is 0. The Labute approximate surface area is 80.5 Å². The van der Waals surface area contributed by atoms with Crippen LogP contribution >= 0.6 is 44.5 Å². The highest BCUT2D eigenvalue weighted by molar-refractivity contribution is 9.11. The van der Waals surface area contributed by atoms with Gasteiger partial charge in [-0.25, -0.2) is 4.39 Å². The van der Waals surface area contributed by atoms with Gasteiger partial charge in [0.1, 0.15) is 0 Å². The quantitative estimate of drug-likeness (QED) is 0.546. The summed E-state index contributed by atoms with van der Waals surface area (Å²) < 4.78 is 13.7. The summed E-state index contributed by atoms with van der Waals surface area (Å²) in [6.45, 7) is 0. The number of benzene rings is 1. The van der Waals surface area contributed by atoms with Gasteiger partial charge in [-0.1, -0.05) is 0 Å². The zero-order valence-electron chi connectivity index (χ0n) is 4.74. The molecule has 0 saturated carbocycles. The molecule has 0 nitrogen and oxygen atoms in total. The van der Waals surface area contributed by atoms with Crippen molar-refractivity contribution in [3.8, 4) is 0 Å². The van der Waals surface area contributed by atoms with Crippen molar-refractivity contribution in [3.05, 3.63) is 26.9 Å². The molecule has 1 rings (SSSR count). The molecule has 0 aliphatic rings. The molecule has 1 aromatic carbocycles. The van der Waals surface area contributed by atoms with E-state index in [4.69, 9.17) is 0 Å². The lowest BCUT2D eigenvalue weighted by atomic mass is 10.3. The maximum absolute atomic E-state index is 12.8. The number of hydrogen-bond donors (Lipinski definition) is 1. The van der Waals surface area contributed by atoms with E-state index in [2.05, 4.69) is 44.5 Å². The van der Waals surface area contributed by atoms with Gasteiger partial charge in [0, 0.05) is 4.90 Å². The highest BCUT2D eigenvalue weighted by Crippen LogP contribution is 2.28. The van der Waals surface area contributed by atoms with Crippen LogP contribution in [0, 0.1) is 5.82 Å². The van der Waals surface area contributed by atoms with E-state index in [1.807, 2.05) is 0 Å². The first-order chi connectivity index (χ1) is 4.63. The van der Waals surface area contributed by atoms with Gasteiger partial charge >= 0.3 is 0 Å². The molecule has 0 radical (unpaired) electrons. The lowest BCUT2D eigenvalue weighted by Crippen LogP contribution is -1.80. The van der Waals surface area contributed by atoms with Gasteiger partial charge in [0.2, 0.25) is 0 Å². The van der Waals surface area contributed by atoms with Crippen LogP contribution in [0.15, 0.2) is 26.0 Å². The van der Waals surface area contributed by atoms with E-state index >= 15 is 0 Å². The summed E-state index contributed by atoms with van der Waals surface area (Å²) in [5, 5.41) is 0. The van der Waals surface area contributed by atoms with E-state index < -0.39 is 0 Å². The van der Waals surface area contributed by atoms with E-state index in [-0.39, 0.29) is 5.82 Å². The molecule has 0 aliphatic heterocycles. The van der Waals surface area contributed by atoms with Gasteiger partial charge in [-0.15, -0.1) is 12.6 Å². The molecule has 0 unspecified atom stereocenters. The minimum atomic E-state index is -0.312. The fourth-order valence-electron chi connectivity index (χ4n) is 0.516. The Hall–Kier alpha value is 0.460. The molecule has 0 aromatic heterocycles. The standard InChI is InChI=1S/C6H3Br2FS/c7-3-1-2-4(10)5(8)6(3)9/h1-2,10H. The molecule has 10 heavy (non-hydrogen) atoms. The maximum Gasteiger partial charge on any atom is 0.152 e. The minimum Gasteiger partial charge on any atom is -0.204 e. The van der Waals surface area contributed by atoms with E-state index in [9.17, 15) is 4.39 Å². The third-order valence-electron chi connectivity index (χ3n) is 1.01. The second-order valence-electron chi connectivity index (χ2n) is 1.69. The monoisotopic (exact) mass is 284 g/mol. The predicted octanol–water partition coefficient (Wildman–Crippen LogP) is 3.64. The first-order valence-corrected chi connectivity index (χ1v) is 4.48. The number of thiol groups is 1. The molecule has 0 saturated heterocycles. The van der Waals surface area contributed by atoms with E-state index in [1.54, 1.807) is 12.1 Å². The maximum atomic E-state index is 12.8. The van der Waals surface area contributed by atoms with Crippen LogP contribution in [0.25, 0.3) is 0 Å². The van der Waals surface area contributed by atoms with Crippen LogP contribution in [-0.2, 0) is 0 Å². The van der Waals surface area contributed by atoms with Gasteiger partial charge in [-0.05, 0) is 44.0 Å². The summed E-state index contributed by atoms with van der Waals surface area (Å²) in [4.78, 5) is 0.598. The summed E-state index contributed by atoms with van der Waals surface area (Å²) in [6.07, 6.45) is 0. The average molecular weight is 286 g/mol. The molecule has 1 aromatic rings. The van der Waals surface area contributed by atoms with Gasteiger partial charge in [-0.3, -0.25) is 0 Å². The van der Waals surface area contributed by atoms with Crippen molar-refractivity contribution in [2.24, 2.45) is 0 Å². The SMILES string of the molecule is Fc1c(Br)ccc(S)c1Br. The van der Waals surface area contributed by atoms with Gasteiger partial charge in [0.25, 0.3) is 0 Å². The van der Waals surface area contributed by atoms with Crippen molar-refractivity contribution in [3.63, 3.8) is 0 Å². The molecule has 0 amide bonds. The zero-order chi connectivity index (χ0) is 7.72. The largest absolute Gasteiger partial charge is 0.204 e. The molecular formula is C6H3Br2FS. The summed E-state index contributed by atoms with van der Waals surface area (Å²) in [5.41, 5.74) is 0. The Bertz CT molecular complexity index is 235. The molecule has 54 valence electrons. The van der Waals surface area contributed by atoms with Gasteiger partial charge < -0.3 is 0 Å². The van der Waals surface area contributed by atoms with Crippen LogP contribution in [0.2, 0.25) is 0 Å². The predicted molar refractivity (Wildman–Crippen MR) is 49.1 cm³/mol. The Morgan fingerprint density at radius 3 is 2.40 bits per heavy atom. The van der Waals surface area contributed by atoms with Crippen LogP contribution in [0.1, 0.15) is 0 Å². The lowest BCUT2D eigenvalue weighted by Gasteiger charge is -1.98.